The molecule has 1 unspecified atom stereocenters. The van der Waals surface area contributed by atoms with Crippen LogP contribution in [-0.2, 0) is 17.8 Å². The van der Waals surface area contributed by atoms with E-state index in [0.717, 1.165) is 20.8 Å². The van der Waals surface area contributed by atoms with Crippen LogP contribution in [0, 0.1) is 0 Å². The quantitative estimate of drug-likeness (QED) is 0.752. The molecule has 0 amide bonds. The molecule has 0 aliphatic carbocycles. The van der Waals surface area contributed by atoms with Crippen molar-refractivity contribution in [3.8, 4) is 0 Å². The van der Waals surface area contributed by atoms with E-state index in [1.807, 2.05) is 31.5 Å². The fraction of sp³-hybridized carbons (Fsp3) is 0.273. The molecule has 2 nitrogen and oxygen atoms in total. The first-order valence-corrected chi connectivity index (χ1v) is 7.40. The fourth-order valence-corrected chi connectivity index (χ4v) is 3.98. The number of para-hydroxylation sites is 1. The van der Waals surface area contributed by atoms with E-state index in [2.05, 4.69) is 10.6 Å². The SMILES string of the molecule is CSc1c(S(C)=O)c2ccccc2n1C. The summed E-state index contributed by atoms with van der Waals surface area (Å²) in [5.74, 6) is 0. The number of nitrogens with zero attached hydrogens (tertiary/aromatic N) is 1. The predicted molar refractivity (Wildman–Crippen MR) is 67.0 cm³/mol. The molecule has 1 atom stereocenters. The highest BCUT2D eigenvalue weighted by Gasteiger charge is 2.16. The van der Waals surface area contributed by atoms with Gasteiger partial charge in [0.25, 0.3) is 0 Å². The summed E-state index contributed by atoms with van der Waals surface area (Å²) in [5, 5.41) is 2.20. The zero-order chi connectivity index (χ0) is 11.0. The van der Waals surface area contributed by atoms with Crippen molar-refractivity contribution in [2.24, 2.45) is 7.05 Å². The van der Waals surface area contributed by atoms with Crippen LogP contribution in [0.1, 0.15) is 0 Å². The van der Waals surface area contributed by atoms with Crippen molar-refractivity contribution in [3.63, 3.8) is 0 Å². The summed E-state index contributed by atoms with van der Waals surface area (Å²) in [7, 11) is 1.08. The fourth-order valence-electron chi connectivity index (χ4n) is 1.84. The number of hydrogen-bond donors (Lipinski definition) is 0. The van der Waals surface area contributed by atoms with Gasteiger partial charge >= 0.3 is 0 Å². The van der Waals surface area contributed by atoms with Gasteiger partial charge in [-0.25, -0.2) is 0 Å². The maximum atomic E-state index is 11.7. The van der Waals surface area contributed by atoms with Crippen molar-refractivity contribution in [1.29, 1.82) is 0 Å². The Bertz CT molecular complexity index is 531. The normalized spacial score (nSPS) is 13.3. The highest BCUT2D eigenvalue weighted by Crippen LogP contribution is 2.33. The summed E-state index contributed by atoms with van der Waals surface area (Å²) < 4.78 is 13.8. The molecule has 80 valence electrons. The summed E-state index contributed by atoms with van der Waals surface area (Å²) in [6, 6.07) is 8.09. The molecule has 1 heterocycles. The molecule has 2 rings (SSSR count). The first-order chi connectivity index (χ1) is 7.16. The number of aromatic nitrogens is 1. The zero-order valence-corrected chi connectivity index (χ0v) is 10.6. The molecule has 0 saturated heterocycles. The van der Waals surface area contributed by atoms with E-state index in [4.69, 9.17) is 0 Å². The van der Waals surface area contributed by atoms with Crippen molar-refractivity contribution in [1.82, 2.24) is 4.57 Å². The molecule has 15 heavy (non-hydrogen) atoms. The zero-order valence-electron chi connectivity index (χ0n) is 8.98. The molecule has 1 aromatic carbocycles. The van der Waals surface area contributed by atoms with Gasteiger partial charge in [-0.15, -0.1) is 11.8 Å². The van der Waals surface area contributed by atoms with Crippen molar-refractivity contribution in [2.75, 3.05) is 12.5 Å². The number of thioether (sulfide) groups is 1. The molecule has 1 aromatic heterocycles. The topological polar surface area (TPSA) is 22.0 Å². The van der Waals surface area contributed by atoms with Crippen molar-refractivity contribution < 1.29 is 4.21 Å². The molecule has 2 aromatic rings. The van der Waals surface area contributed by atoms with Crippen LogP contribution in [-0.4, -0.2) is 21.3 Å². The van der Waals surface area contributed by atoms with E-state index in [-0.39, 0.29) is 0 Å². The van der Waals surface area contributed by atoms with Crippen LogP contribution in [0.5, 0.6) is 0 Å². The van der Waals surface area contributed by atoms with E-state index in [9.17, 15) is 4.21 Å². The van der Waals surface area contributed by atoms with Crippen LogP contribution in [0.3, 0.4) is 0 Å². The highest BCUT2D eigenvalue weighted by molar-refractivity contribution is 7.99. The molecular formula is C11H13NOS2. The molecule has 0 N–H and O–H groups in total. The van der Waals surface area contributed by atoms with Gasteiger partial charge in [-0.3, -0.25) is 4.21 Å². The minimum Gasteiger partial charge on any atom is -0.338 e. The third-order valence-corrected chi connectivity index (χ3v) is 4.47. The van der Waals surface area contributed by atoms with Gasteiger partial charge in [-0.05, 0) is 12.3 Å². The second-order valence-electron chi connectivity index (χ2n) is 3.37. The Labute approximate surface area is 96.1 Å². The Morgan fingerprint density at radius 2 is 2.00 bits per heavy atom. The van der Waals surface area contributed by atoms with Gasteiger partial charge in [0.2, 0.25) is 0 Å². The molecule has 0 saturated carbocycles. The summed E-state index contributed by atoms with van der Waals surface area (Å²) in [5.41, 5.74) is 1.15. The lowest BCUT2D eigenvalue weighted by molar-refractivity contribution is 0.684. The first-order valence-electron chi connectivity index (χ1n) is 4.61. The molecule has 0 aliphatic heterocycles. The van der Waals surface area contributed by atoms with Crippen LogP contribution in [0.4, 0.5) is 0 Å². The molecule has 0 fully saturated rings. The van der Waals surface area contributed by atoms with E-state index >= 15 is 0 Å². The Kier molecular flexibility index (Phi) is 2.89. The Morgan fingerprint density at radius 3 is 2.60 bits per heavy atom. The van der Waals surface area contributed by atoms with Crippen LogP contribution in [0.25, 0.3) is 10.9 Å². The highest BCUT2D eigenvalue weighted by atomic mass is 32.2. The van der Waals surface area contributed by atoms with Crippen molar-refractivity contribution >= 4 is 33.5 Å². The Morgan fingerprint density at radius 1 is 1.33 bits per heavy atom. The number of hydrogen-bond acceptors (Lipinski definition) is 2. The van der Waals surface area contributed by atoms with Crippen molar-refractivity contribution in [3.05, 3.63) is 24.3 Å². The third-order valence-electron chi connectivity index (χ3n) is 2.49. The van der Waals surface area contributed by atoms with Crippen LogP contribution >= 0.6 is 11.8 Å². The van der Waals surface area contributed by atoms with Crippen LogP contribution in [0.15, 0.2) is 34.2 Å². The number of rotatable bonds is 2. The van der Waals surface area contributed by atoms with Crippen LogP contribution < -0.4 is 0 Å². The number of fused-ring (bicyclic) bond motifs is 1. The van der Waals surface area contributed by atoms with Gasteiger partial charge in [0.1, 0.15) is 0 Å². The lowest BCUT2D eigenvalue weighted by atomic mass is 10.2. The van der Waals surface area contributed by atoms with Gasteiger partial charge in [-0.1, -0.05) is 18.2 Å². The van der Waals surface area contributed by atoms with E-state index in [0.29, 0.717) is 0 Å². The van der Waals surface area contributed by atoms with Gasteiger partial charge in [-0.2, -0.15) is 0 Å². The Hall–Kier alpha value is -0.740. The molecule has 4 heteroatoms. The van der Waals surface area contributed by atoms with E-state index < -0.39 is 10.8 Å². The van der Waals surface area contributed by atoms with Crippen LogP contribution in [0.2, 0.25) is 0 Å². The van der Waals surface area contributed by atoms with Gasteiger partial charge < -0.3 is 4.57 Å². The number of aryl methyl sites for hydroxylation is 1. The van der Waals surface area contributed by atoms with Crippen molar-refractivity contribution in [2.45, 2.75) is 9.92 Å². The molecule has 0 spiro atoms. The van der Waals surface area contributed by atoms with E-state index in [1.54, 1.807) is 18.0 Å². The van der Waals surface area contributed by atoms with Gasteiger partial charge in [0, 0.05) is 24.2 Å². The summed E-state index contributed by atoms with van der Waals surface area (Å²) in [4.78, 5) is 0.959. The monoisotopic (exact) mass is 239 g/mol. The lowest BCUT2D eigenvalue weighted by Crippen LogP contribution is -1.92. The van der Waals surface area contributed by atoms with Gasteiger partial charge in [0.15, 0.2) is 0 Å². The second kappa shape index (κ2) is 4.02. The maximum absolute atomic E-state index is 11.7. The molecule has 0 radical (unpaired) electrons. The summed E-state index contributed by atoms with van der Waals surface area (Å²) in [6.45, 7) is 0. The summed E-state index contributed by atoms with van der Waals surface area (Å²) in [6.07, 6.45) is 3.76. The molecule has 0 bridgehead atoms. The average molecular weight is 239 g/mol. The second-order valence-corrected chi connectivity index (χ2v) is 5.48. The van der Waals surface area contributed by atoms with E-state index in [1.165, 1.54) is 0 Å². The smallest absolute Gasteiger partial charge is 0.0918 e. The predicted octanol–water partition coefficient (Wildman–Crippen LogP) is 2.64. The maximum Gasteiger partial charge on any atom is 0.0918 e. The standard InChI is InChI=1S/C11H13NOS2/c1-12-9-7-5-4-6-8(9)10(15(3)13)11(12)14-2/h4-7H,1-3H3. The molecule has 0 aliphatic rings. The largest absolute Gasteiger partial charge is 0.338 e. The first kappa shape index (κ1) is 10.8. The minimum absolute atomic E-state index is 0.936. The average Bonchev–Trinajstić information content (AvgIpc) is 2.52. The van der Waals surface area contributed by atoms with Gasteiger partial charge in [0.05, 0.1) is 20.7 Å². The minimum atomic E-state index is -0.936. The number of benzene rings is 1. The Balaban J connectivity index is 2.91. The summed E-state index contributed by atoms with van der Waals surface area (Å²) >= 11 is 1.65. The lowest BCUT2D eigenvalue weighted by Gasteiger charge is -2.01. The third kappa shape index (κ3) is 1.62. The molecular weight excluding hydrogens is 226 g/mol.